The number of amides is 2. The molecule has 4 rings (SSSR count). The number of carbonyl (C=O) groups is 2. The highest BCUT2D eigenvalue weighted by Gasteiger charge is 2.35. The Kier molecular flexibility index (Phi) is 7.52. The van der Waals surface area contributed by atoms with Gasteiger partial charge in [0, 0.05) is 23.7 Å². The molecule has 1 fully saturated rings. The SMILES string of the molecule is CN1CC[C@@H](c2ccc(NS(C)(=O)=O)cc2)[C@H](COc2ccc3c(c2)C(=O)N(C(=O)OC(C)(C)C)C3)C1. The molecule has 0 spiro atoms. The van der Waals surface area contributed by atoms with Crippen LogP contribution in [0.25, 0.3) is 0 Å². The Hall–Kier alpha value is -3.11. The Balaban J connectivity index is 1.44. The maximum atomic E-state index is 12.9. The van der Waals surface area contributed by atoms with Gasteiger partial charge in [-0.05, 0) is 82.1 Å². The van der Waals surface area contributed by atoms with Crippen LogP contribution in [0.5, 0.6) is 5.75 Å². The quantitative estimate of drug-likeness (QED) is 0.602. The predicted molar refractivity (Wildman–Crippen MR) is 141 cm³/mol. The lowest BCUT2D eigenvalue weighted by Crippen LogP contribution is -2.39. The number of fused-ring (bicyclic) bond motifs is 1. The van der Waals surface area contributed by atoms with Crippen LogP contribution < -0.4 is 9.46 Å². The van der Waals surface area contributed by atoms with Gasteiger partial charge in [-0.15, -0.1) is 0 Å². The predicted octanol–water partition coefficient (Wildman–Crippen LogP) is 4.06. The molecule has 2 aliphatic heterocycles. The molecular formula is C27H35N3O6S. The minimum Gasteiger partial charge on any atom is -0.493 e. The lowest BCUT2D eigenvalue weighted by molar-refractivity contribution is 0.0248. The minimum atomic E-state index is -3.33. The van der Waals surface area contributed by atoms with Gasteiger partial charge in [0.1, 0.15) is 11.4 Å². The first kappa shape index (κ1) is 26.9. The van der Waals surface area contributed by atoms with Crippen molar-refractivity contribution < 1.29 is 27.5 Å². The van der Waals surface area contributed by atoms with E-state index in [1.165, 1.54) is 0 Å². The number of benzene rings is 2. The second-order valence-corrected chi connectivity index (χ2v) is 12.7. The van der Waals surface area contributed by atoms with Crippen LogP contribution in [-0.2, 0) is 21.3 Å². The van der Waals surface area contributed by atoms with Gasteiger partial charge in [0.05, 0.1) is 19.4 Å². The van der Waals surface area contributed by atoms with Gasteiger partial charge in [-0.25, -0.2) is 18.1 Å². The molecule has 2 aromatic carbocycles. The lowest BCUT2D eigenvalue weighted by Gasteiger charge is -2.37. The third kappa shape index (κ3) is 6.81. The first-order valence-electron chi connectivity index (χ1n) is 12.4. The maximum absolute atomic E-state index is 12.9. The van der Waals surface area contributed by atoms with Crippen LogP contribution >= 0.6 is 0 Å². The highest BCUT2D eigenvalue weighted by molar-refractivity contribution is 7.92. The van der Waals surface area contributed by atoms with Crippen LogP contribution in [0.3, 0.4) is 0 Å². The maximum Gasteiger partial charge on any atom is 0.417 e. The number of piperidine rings is 1. The number of nitrogens with zero attached hydrogens (tertiary/aromatic N) is 2. The van der Waals surface area contributed by atoms with E-state index in [-0.39, 0.29) is 24.3 Å². The van der Waals surface area contributed by atoms with Crippen molar-refractivity contribution in [1.82, 2.24) is 9.80 Å². The number of nitrogens with one attached hydrogen (secondary N) is 1. The molecule has 1 N–H and O–H groups in total. The Labute approximate surface area is 218 Å². The summed E-state index contributed by atoms with van der Waals surface area (Å²) in [5, 5.41) is 0. The number of rotatable bonds is 6. The molecule has 2 atom stereocenters. The Morgan fingerprint density at radius 2 is 1.84 bits per heavy atom. The fraction of sp³-hybridized carbons (Fsp3) is 0.481. The highest BCUT2D eigenvalue weighted by atomic mass is 32.2. The zero-order valence-corrected chi connectivity index (χ0v) is 22.8. The smallest absolute Gasteiger partial charge is 0.417 e. The number of ether oxygens (including phenoxy) is 2. The van der Waals surface area contributed by atoms with Crippen molar-refractivity contribution in [3.8, 4) is 5.75 Å². The number of likely N-dealkylation sites (tertiary alicyclic amines) is 1. The van der Waals surface area contributed by atoms with E-state index in [0.29, 0.717) is 23.6 Å². The van der Waals surface area contributed by atoms with E-state index in [2.05, 4.69) is 16.7 Å². The van der Waals surface area contributed by atoms with E-state index in [9.17, 15) is 18.0 Å². The fourth-order valence-corrected chi connectivity index (χ4v) is 5.44. The van der Waals surface area contributed by atoms with Crippen molar-refractivity contribution in [3.63, 3.8) is 0 Å². The minimum absolute atomic E-state index is 0.184. The number of imide groups is 1. The number of carbonyl (C=O) groups excluding carboxylic acids is 2. The second kappa shape index (κ2) is 10.3. The normalized spacial score (nSPS) is 20.5. The average Bonchev–Trinajstić information content (AvgIpc) is 3.12. The van der Waals surface area contributed by atoms with Crippen LogP contribution in [0.4, 0.5) is 10.5 Å². The molecule has 10 heteroatoms. The van der Waals surface area contributed by atoms with Crippen LogP contribution in [0.2, 0.25) is 0 Å². The Bertz CT molecular complexity index is 1270. The molecule has 200 valence electrons. The summed E-state index contributed by atoms with van der Waals surface area (Å²) < 4.78 is 37.1. The summed E-state index contributed by atoms with van der Waals surface area (Å²) in [6, 6.07) is 12.9. The molecule has 0 radical (unpaired) electrons. The number of hydrogen-bond donors (Lipinski definition) is 1. The van der Waals surface area contributed by atoms with Gasteiger partial charge in [0.2, 0.25) is 10.0 Å². The fourth-order valence-electron chi connectivity index (χ4n) is 4.87. The summed E-state index contributed by atoms with van der Waals surface area (Å²) in [6.45, 7) is 7.75. The van der Waals surface area contributed by atoms with E-state index in [4.69, 9.17) is 9.47 Å². The number of sulfonamides is 1. The third-order valence-electron chi connectivity index (χ3n) is 6.54. The van der Waals surface area contributed by atoms with Crippen molar-refractivity contribution in [3.05, 3.63) is 59.2 Å². The van der Waals surface area contributed by atoms with Crippen LogP contribution in [0.1, 0.15) is 54.6 Å². The van der Waals surface area contributed by atoms with Crippen molar-refractivity contribution in [1.29, 1.82) is 0 Å². The van der Waals surface area contributed by atoms with E-state index in [1.807, 2.05) is 24.3 Å². The summed E-state index contributed by atoms with van der Waals surface area (Å²) in [6.07, 6.45) is 1.44. The second-order valence-electron chi connectivity index (χ2n) is 10.9. The lowest BCUT2D eigenvalue weighted by atomic mass is 9.81. The molecule has 0 aromatic heterocycles. The molecular weight excluding hydrogens is 494 g/mol. The molecule has 0 bridgehead atoms. The summed E-state index contributed by atoms with van der Waals surface area (Å²) in [5.41, 5.74) is 2.21. The van der Waals surface area contributed by atoms with Gasteiger partial charge in [-0.1, -0.05) is 18.2 Å². The zero-order chi connectivity index (χ0) is 27.0. The molecule has 2 heterocycles. The van der Waals surface area contributed by atoms with E-state index in [0.717, 1.165) is 41.8 Å². The van der Waals surface area contributed by atoms with Crippen LogP contribution in [0, 0.1) is 5.92 Å². The summed E-state index contributed by atoms with van der Waals surface area (Å²) in [5.74, 6) is 0.655. The average molecular weight is 530 g/mol. The summed E-state index contributed by atoms with van der Waals surface area (Å²) in [7, 11) is -1.24. The van der Waals surface area contributed by atoms with Crippen molar-refractivity contribution in [2.24, 2.45) is 5.92 Å². The van der Waals surface area contributed by atoms with Crippen molar-refractivity contribution in [2.45, 2.75) is 45.3 Å². The van der Waals surface area contributed by atoms with E-state index in [1.54, 1.807) is 39.0 Å². The van der Waals surface area contributed by atoms with E-state index < -0.39 is 21.7 Å². The first-order chi connectivity index (χ1) is 17.3. The number of anilines is 1. The van der Waals surface area contributed by atoms with Gasteiger partial charge in [-0.2, -0.15) is 0 Å². The molecule has 0 unspecified atom stereocenters. The molecule has 0 aliphatic carbocycles. The van der Waals surface area contributed by atoms with Gasteiger partial charge in [0.25, 0.3) is 5.91 Å². The molecule has 37 heavy (non-hydrogen) atoms. The van der Waals surface area contributed by atoms with E-state index >= 15 is 0 Å². The van der Waals surface area contributed by atoms with Crippen LogP contribution in [-0.4, -0.2) is 68.8 Å². The Morgan fingerprint density at radius 1 is 1.14 bits per heavy atom. The summed E-state index contributed by atoms with van der Waals surface area (Å²) in [4.78, 5) is 28.7. The van der Waals surface area contributed by atoms with Crippen LogP contribution in [0.15, 0.2) is 42.5 Å². The van der Waals surface area contributed by atoms with Crippen molar-refractivity contribution in [2.75, 3.05) is 37.7 Å². The molecule has 9 nitrogen and oxygen atoms in total. The summed E-state index contributed by atoms with van der Waals surface area (Å²) >= 11 is 0. The largest absolute Gasteiger partial charge is 0.493 e. The van der Waals surface area contributed by atoms with Gasteiger partial charge in [-0.3, -0.25) is 9.52 Å². The van der Waals surface area contributed by atoms with Gasteiger partial charge in [0.15, 0.2) is 0 Å². The highest BCUT2D eigenvalue weighted by Crippen LogP contribution is 2.35. The zero-order valence-electron chi connectivity index (χ0n) is 22.0. The molecule has 0 saturated carbocycles. The Morgan fingerprint density at radius 3 is 2.49 bits per heavy atom. The monoisotopic (exact) mass is 529 g/mol. The van der Waals surface area contributed by atoms with Gasteiger partial charge >= 0.3 is 6.09 Å². The number of hydrogen-bond acceptors (Lipinski definition) is 7. The first-order valence-corrected chi connectivity index (χ1v) is 14.2. The standard InChI is InChI=1S/C27H35N3O6S/c1-27(2,3)36-26(32)30-16-19-8-11-22(14-24(19)25(30)31)35-17-20-15-29(4)13-12-23(20)18-6-9-21(10-7-18)28-37(5,33)34/h6-11,14,20,23,28H,12-13,15-17H2,1-5H3/t20-,23-/m0/s1. The third-order valence-corrected chi connectivity index (χ3v) is 7.15. The van der Waals surface area contributed by atoms with Crippen molar-refractivity contribution >= 4 is 27.7 Å². The van der Waals surface area contributed by atoms with Gasteiger partial charge < -0.3 is 14.4 Å². The molecule has 2 aliphatic rings. The molecule has 2 aromatic rings. The topological polar surface area (TPSA) is 105 Å². The molecule has 2 amide bonds. The molecule has 1 saturated heterocycles.